The van der Waals surface area contributed by atoms with E-state index in [0.717, 1.165) is 47.5 Å². The zero-order valence-electron chi connectivity index (χ0n) is 16.1. The SMILES string of the molecule is O=C(c1coc(CSc2nnc(-c3cccs3)n2-c2ccccc2)n1)N1CCCC1. The first kappa shape index (κ1) is 19.1. The fourth-order valence-corrected chi connectivity index (χ4v) is 4.93. The summed E-state index contributed by atoms with van der Waals surface area (Å²) in [5.41, 5.74) is 1.36. The predicted molar refractivity (Wildman–Crippen MR) is 116 cm³/mol. The van der Waals surface area contributed by atoms with Crippen LogP contribution in [-0.2, 0) is 5.75 Å². The molecule has 1 aliphatic rings. The zero-order chi connectivity index (χ0) is 20.3. The Labute approximate surface area is 181 Å². The molecule has 0 bridgehead atoms. The standard InChI is InChI=1S/C21H19N5O2S2/c27-20(25-10-4-5-11-25)16-13-28-18(22-16)14-30-21-24-23-19(17-9-6-12-29-17)26(21)15-7-2-1-3-8-15/h1-3,6-9,12-13H,4-5,10-11,14H2. The average Bonchev–Trinajstić information content (AvgIpc) is 3.58. The van der Waals surface area contributed by atoms with Crippen molar-refractivity contribution >= 4 is 29.0 Å². The van der Waals surface area contributed by atoms with E-state index in [4.69, 9.17) is 4.42 Å². The second-order valence-corrected chi connectivity index (χ2v) is 8.76. The molecule has 1 saturated heterocycles. The lowest BCUT2D eigenvalue weighted by Crippen LogP contribution is -2.27. The smallest absolute Gasteiger partial charge is 0.275 e. The number of nitrogens with zero attached hydrogens (tertiary/aromatic N) is 5. The van der Waals surface area contributed by atoms with Crippen LogP contribution in [0.1, 0.15) is 29.2 Å². The third kappa shape index (κ3) is 3.78. The number of carbonyl (C=O) groups is 1. The lowest BCUT2D eigenvalue weighted by Gasteiger charge is -2.12. The summed E-state index contributed by atoms with van der Waals surface area (Å²) in [6.07, 6.45) is 3.55. The van der Waals surface area contributed by atoms with Crippen LogP contribution < -0.4 is 0 Å². The van der Waals surface area contributed by atoms with Gasteiger partial charge < -0.3 is 9.32 Å². The number of benzene rings is 1. The molecule has 9 heteroatoms. The summed E-state index contributed by atoms with van der Waals surface area (Å²) in [5, 5.41) is 11.6. The number of carbonyl (C=O) groups excluding carboxylic acids is 1. The molecule has 7 nitrogen and oxygen atoms in total. The van der Waals surface area contributed by atoms with E-state index in [9.17, 15) is 4.79 Å². The number of para-hydroxylation sites is 1. The topological polar surface area (TPSA) is 77.0 Å². The number of aromatic nitrogens is 4. The Morgan fingerprint density at radius 2 is 1.93 bits per heavy atom. The number of amides is 1. The van der Waals surface area contributed by atoms with Crippen LogP contribution in [0.3, 0.4) is 0 Å². The molecule has 0 saturated carbocycles. The summed E-state index contributed by atoms with van der Waals surface area (Å²) < 4.78 is 7.59. The monoisotopic (exact) mass is 437 g/mol. The van der Waals surface area contributed by atoms with Crippen molar-refractivity contribution in [1.29, 1.82) is 0 Å². The Kier molecular flexibility index (Phi) is 5.37. The molecular weight excluding hydrogens is 418 g/mol. The van der Waals surface area contributed by atoms with Crippen LogP contribution >= 0.6 is 23.1 Å². The number of rotatable bonds is 6. The van der Waals surface area contributed by atoms with E-state index in [0.29, 0.717) is 17.3 Å². The molecule has 0 spiro atoms. The molecule has 0 atom stereocenters. The average molecular weight is 438 g/mol. The van der Waals surface area contributed by atoms with E-state index in [-0.39, 0.29) is 5.91 Å². The summed E-state index contributed by atoms with van der Waals surface area (Å²) in [6.45, 7) is 1.59. The molecule has 4 aromatic rings. The minimum Gasteiger partial charge on any atom is -0.447 e. The van der Waals surface area contributed by atoms with Crippen LogP contribution in [0.2, 0.25) is 0 Å². The van der Waals surface area contributed by atoms with Crippen molar-refractivity contribution in [3.8, 4) is 16.4 Å². The third-order valence-electron chi connectivity index (χ3n) is 4.88. The van der Waals surface area contributed by atoms with E-state index < -0.39 is 0 Å². The number of hydrogen-bond acceptors (Lipinski definition) is 7. The van der Waals surface area contributed by atoms with Gasteiger partial charge in [0.25, 0.3) is 5.91 Å². The van der Waals surface area contributed by atoms with Crippen LogP contribution in [0.25, 0.3) is 16.4 Å². The van der Waals surface area contributed by atoms with Crippen LogP contribution in [-0.4, -0.2) is 43.6 Å². The molecule has 1 aliphatic heterocycles. The Morgan fingerprint density at radius 3 is 2.70 bits per heavy atom. The normalized spacial score (nSPS) is 13.8. The molecule has 1 aromatic carbocycles. The largest absolute Gasteiger partial charge is 0.447 e. The summed E-state index contributed by atoms with van der Waals surface area (Å²) in [7, 11) is 0. The van der Waals surface area contributed by atoms with Gasteiger partial charge in [0.2, 0.25) is 5.89 Å². The summed E-state index contributed by atoms with van der Waals surface area (Å²) >= 11 is 3.11. The zero-order valence-corrected chi connectivity index (χ0v) is 17.7. The van der Waals surface area contributed by atoms with E-state index in [1.807, 2.05) is 57.3 Å². The fourth-order valence-electron chi connectivity index (χ4n) is 3.42. The fraction of sp³-hybridized carbons (Fsp3) is 0.238. The van der Waals surface area contributed by atoms with Crippen molar-refractivity contribution in [2.75, 3.05) is 13.1 Å². The highest BCUT2D eigenvalue weighted by atomic mass is 32.2. The van der Waals surface area contributed by atoms with Gasteiger partial charge in [-0.3, -0.25) is 9.36 Å². The molecular formula is C21H19N5O2S2. The predicted octanol–water partition coefficient (Wildman–Crippen LogP) is 4.51. The first-order valence-corrected chi connectivity index (χ1v) is 11.6. The van der Waals surface area contributed by atoms with Gasteiger partial charge in [0.1, 0.15) is 6.26 Å². The Morgan fingerprint density at radius 1 is 1.10 bits per heavy atom. The quantitative estimate of drug-likeness (QED) is 0.413. The summed E-state index contributed by atoms with van der Waals surface area (Å²) in [5.74, 6) is 1.71. The number of thioether (sulfide) groups is 1. The minimum absolute atomic E-state index is 0.0556. The molecule has 152 valence electrons. The van der Waals surface area contributed by atoms with Gasteiger partial charge in [-0.2, -0.15) is 0 Å². The molecule has 4 heterocycles. The molecule has 0 aliphatic carbocycles. The lowest BCUT2D eigenvalue weighted by molar-refractivity contribution is 0.0787. The third-order valence-corrected chi connectivity index (χ3v) is 6.66. The second kappa shape index (κ2) is 8.45. The van der Waals surface area contributed by atoms with Crippen LogP contribution in [0.4, 0.5) is 0 Å². The van der Waals surface area contributed by atoms with Crippen LogP contribution in [0.15, 0.2) is 63.7 Å². The summed E-state index contributed by atoms with van der Waals surface area (Å²) in [4.78, 5) is 19.8. The van der Waals surface area contributed by atoms with E-state index >= 15 is 0 Å². The van der Waals surface area contributed by atoms with Gasteiger partial charge in [-0.15, -0.1) is 21.5 Å². The molecule has 0 N–H and O–H groups in total. The highest BCUT2D eigenvalue weighted by Gasteiger charge is 2.23. The Hall–Kier alpha value is -2.91. The van der Waals surface area contributed by atoms with Crippen molar-refractivity contribution < 1.29 is 9.21 Å². The van der Waals surface area contributed by atoms with Gasteiger partial charge in [-0.1, -0.05) is 36.0 Å². The van der Waals surface area contributed by atoms with Crippen molar-refractivity contribution in [1.82, 2.24) is 24.6 Å². The molecule has 1 amide bonds. The highest BCUT2D eigenvalue weighted by molar-refractivity contribution is 7.98. The van der Waals surface area contributed by atoms with Crippen molar-refractivity contribution in [3.63, 3.8) is 0 Å². The number of oxazole rings is 1. The van der Waals surface area contributed by atoms with E-state index in [1.165, 1.54) is 18.0 Å². The van der Waals surface area contributed by atoms with Gasteiger partial charge in [-0.25, -0.2) is 4.98 Å². The van der Waals surface area contributed by atoms with Gasteiger partial charge in [0, 0.05) is 18.8 Å². The van der Waals surface area contributed by atoms with Crippen molar-refractivity contribution in [2.24, 2.45) is 0 Å². The van der Waals surface area contributed by atoms with Gasteiger partial charge in [-0.05, 0) is 36.4 Å². The maximum atomic E-state index is 12.5. The van der Waals surface area contributed by atoms with Gasteiger partial charge >= 0.3 is 0 Å². The Balaban J connectivity index is 1.37. The Bertz CT molecular complexity index is 1130. The van der Waals surface area contributed by atoms with Crippen LogP contribution in [0.5, 0.6) is 0 Å². The number of likely N-dealkylation sites (tertiary alicyclic amines) is 1. The van der Waals surface area contributed by atoms with E-state index in [2.05, 4.69) is 15.2 Å². The van der Waals surface area contributed by atoms with Crippen molar-refractivity contribution in [2.45, 2.75) is 23.8 Å². The second-order valence-electron chi connectivity index (χ2n) is 6.87. The number of thiophene rings is 1. The van der Waals surface area contributed by atoms with Gasteiger partial charge in [0.15, 0.2) is 16.7 Å². The molecule has 0 radical (unpaired) electrons. The molecule has 1 fully saturated rings. The maximum Gasteiger partial charge on any atom is 0.275 e. The molecule has 30 heavy (non-hydrogen) atoms. The van der Waals surface area contributed by atoms with Crippen LogP contribution in [0, 0.1) is 0 Å². The van der Waals surface area contributed by atoms with E-state index in [1.54, 1.807) is 11.3 Å². The van der Waals surface area contributed by atoms with Gasteiger partial charge in [0.05, 0.1) is 10.6 Å². The van der Waals surface area contributed by atoms with Crippen molar-refractivity contribution in [3.05, 3.63) is 65.7 Å². The first-order valence-electron chi connectivity index (χ1n) is 9.71. The molecule has 3 aromatic heterocycles. The minimum atomic E-state index is -0.0556. The number of hydrogen-bond donors (Lipinski definition) is 0. The molecule has 0 unspecified atom stereocenters. The lowest BCUT2D eigenvalue weighted by atomic mass is 10.3. The first-order chi connectivity index (χ1) is 14.8. The highest BCUT2D eigenvalue weighted by Crippen LogP contribution is 2.31. The maximum absolute atomic E-state index is 12.5. The molecule has 5 rings (SSSR count). The summed E-state index contributed by atoms with van der Waals surface area (Å²) in [6, 6.07) is 14.1.